The molecule has 0 saturated carbocycles. The smallest absolute Gasteiger partial charge is 0.175 e. The number of aromatic nitrogens is 2. The molecular formula is C25H24N4O2S. The number of hydrogen-bond donors (Lipinski definition) is 2. The van der Waals surface area contributed by atoms with Gasteiger partial charge >= 0.3 is 0 Å². The molecule has 0 aliphatic carbocycles. The molecule has 0 radical (unpaired) electrons. The molecule has 5 rings (SSSR count). The monoisotopic (exact) mass is 444 g/mol. The number of sulfone groups is 1. The van der Waals surface area contributed by atoms with Crippen molar-refractivity contribution in [3.63, 3.8) is 0 Å². The van der Waals surface area contributed by atoms with E-state index in [1.165, 1.54) is 17.4 Å². The van der Waals surface area contributed by atoms with Gasteiger partial charge in [0.15, 0.2) is 9.84 Å². The molecule has 6 nitrogen and oxygen atoms in total. The highest BCUT2D eigenvalue weighted by molar-refractivity contribution is 7.90. The van der Waals surface area contributed by atoms with Gasteiger partial charge < -0.3 is 10.6 Å². The molecule has 1 aliphatic heterocycles. The molecule has 4 aromatic rings. The van der Waals surface area contributed by atoms with Crippen LogP contribution in [0.3, 0.4) is 0 Å². The average molecular weight is 445 g/mol. The van der Waals surface area contributed by atoms with Crippen LogP contribution < -0.4 is 10.6 Å². The first-order chi connectivity index (χ1) is 15.4. The van der Waals surface area contributed by atoms with Crippen molar-refractivity contribution in [3.05, 3.63) is 78.1 Å². The van der Waals surface area contributed by atoms with Crippen molar-refractivity contribution in [2.24, 2.45) is 0 Å². The van der Waals surface area contributed by atoms with Gasteiger partial charge in [-0.3, -0.25) is 4.98 Å². The molecule has 32 heavy (non-hydrogen) atoms. The van der Waals surface area contributed by atoms with Gasteiger partial charge in [0.2, 0.25) is 0 Å². The molecule has 162 valence electrons. The first-order valence-corrected chi connectivity index (χ1v) is 12.5. The second-order valence-electron chi connectivity index (χ2n) is 8.21. The van der Waals surface area contributed by atoms with E-state index in [0.29, 0.717) is 11.9 Å². The van der Waals surface area contributed by atoms with Gasteiger partial charge in [-0.2, -0.15) is 0 Å². The Bertz CT molecular complexity index is 1420. The summed E-state index contributed by atoms with van der Waals surface area (Å²) >= 11 is 0. The lowest BCUT2D eigenvalue weighted by Gasteiger charge is -2.24. The molecule has 7 heteroatoms. The summed E-state index contributed by atoms with van der Waals surface area (Å²) in [5.74, 6) is 0.676. The fraction of sp³-hybridized carbons (Fsp3) is 0.200. The number of benzene rings is 2. The summed E-state index contributed by atoms with van der Waals surface area (Å²) in [5, 5.41) is 8.80. The number of nitrogens with one attached hydrogen (secondary N) is 2. The van der Waals surface area contributed by atoms with Crippen LogP contribution in [0.1, 0.15) is 24.1 Å². The fourth-order valence-electron chi connectivity index (χ4n) is 4.22. The van der Waals surface area contributed by atoms with Crippen molar-refractivity contribution in [2.45, 2.75) is 24.3 Å². The predicted octanol–water partition coefficient (Wildman–Crippen LogP) is 4.65. The predicted molar refractivity (Wildman–Crippen MR) is 128 cm³/mol. The van der Waals surface area contributed by atoms with E-state index >= 15 is 0 Å². The van der Waals surface area contributed by atoms with Crippen LogP contribution in [0, 0.1) is 0 Å². The zero-order chi connectivity index (χ0) is 22.3. The lowest BCUT2D eigenvalue weighted by Crippen LogP contribution is -2.27. The van der Waals surface area contributed by atoms with E-state index in [2.05, 4.69) is 40.7 Å². The lowest BCUT2D eigenvalue weighted by molar-refractivity contribution is 0.541. The number of pyridine rings is 2. The van der Waals surface area contributed by atoms with Gasteiger partial charge in [-0.1, -0.05) is 12.1 Å². The molecule has 0 bridgehead atoms. The van der Waals surface area contributed by atoms with E-state index in [-0.39, 0.29) is 4.90 Å². The van der Waals surface area contributed by atoms with Crippen molar-refractivity contribution in [3.8, 4) is 11.3 Å². The molecule has 0 spiro atoms. The van der Waals surface area contributed by atoms with Crippen LogP contribution >= 0.6 is 0 Å². The summed E-state index contributed by atoms with van der Waals surface area (Å²) in [6.07, 6.45) is 5.86. The summed E-state index contributed by atoms with van der Waals surface area (Å²) in [6.45, 7) is 3.18. The Balaban J connectivity index is 1.51. The average Bonchev–Trinajstić information content (AvgIpc) is 2.78. The number of fused-ring (bicyclic) bond motifs is 2. The third-order valence-corrected chi connectivity index (χ3v) is 7.06. The first kappa shape index (κ1) is 20.6. The van der Waals surface area contributed by atoms with Gasteiger partial charge in [0, 0.05) is 46.7 Å². The topological polar surface area (TPSA) is 84.0 Å². The Labute approximate surface area is 187 Å². The molecular weight excluding hydrogens is 420 g/mol. The molecule has 1 unspecified atom stereocenters. The van der Waals surface area contributed by atoms with E-state index in [4.69, 9.17) is 4.98 Å². The van der Waals surface area contributed by atoms with Gasteiger partial charge in [-0.05, 0) is 73.5 Å². The minimum Gasteiger partial charge on any atom is -0.340 e. The standard InChI is InChI=1S/C25H24N4O2S/c1-16-22-8-3-18(13-17(22)9-11-26-16)25-23-14-24(28-15-19(23)10-12-27-25)29-20-4-6-21(7-5-20)32(2,30)31/h3-8,10,12-16,26H,9,11H2,1-2H3,(H,28,29). The molecule has 2 aromatic carbocycles. The number of hydrogen-bond acceptors (Lipinski definition) is 6. The maximum Gasteiger partial charge on any atom is 0.175 e. The summed E-state index contributed by atoms with van der Waals surface area (Å²) < 4.78 is 23.4. The van der Waals surface area contributed by atoms with Crippen molar-refractivity contribution in [2.75, 3.05) is 18.1 Å². The van der Waals surface area contributed by atoms with Crippen molar-refractivity contribution < 1.29 is 8.42 Å². The molecule has 2 aromatic heterocycles. The van der Waals surface area contributed by atoms with Gasteiger partial charge in [-0.15, -0.1) is 0 Å². The number of nitrogens with zero attached hydrogens (tertiary/aromatic N) is 2. The molecule has 1 atom stereocenters. The number of anilines is 2. The maximum absolute atomic E-state index is 11.7. The first-order valence-electron chi connectivity index (χ1n) is 10.6. The molecule has 0 fully saturated rings. The molecule has 2 N–H and O–H groups in total. The van der Waals surface area contributed by atoms with E-state index in [1.54, 1.807) is 24.3 Å². The third-order valence-electron chi connectivity index (χ3n) is 5.93. The van der Waals surface area contributed by atoms with Crippen LogP contribution in [0.15, 0.2) is 71.9 Å². The van der Waals surface area contributed by atoms with E-state index in [9.17, 15) is 8.42 Å². The highest BCUT2D eigenvalue weighted by atomic mass is 32.2. The Morgan fingerprint density at radius 3 is 2.62 bits per heavy atom. The van der Waals surface area contributed by atoms with Crippen LogP contribution in [0.2, 0.25) is 0 Å². The van der Waals surface area contributed by atoms with E-state index < -0.39 is 9.84 Å². The largest absolute Gasteiger partial charge is 0.340 e. The maximum atomic E-state index is 11.7. The second kappa shape index (κ2) is 8.00. The molecule has 3 heterocycles. The normalized spacial score (nSPS) is 16.0. The third kappa shape index (κ3) is 3.97. The highest BCUT2D eigenvalue weighted by Gasteiger charge is 2.17. The summed E-state index contributed by atoms with van der Waals surface area (Å²) in [7, 11) is -3.22. The highest BCUT2D eigenvalue weighted by Crippen LogP contribution is 2.32. The zero-order valence-electron chi connectivity index (χ0n) is 18.0. The Kier molecular flexibility index (Phi) is 5.15. The number of rotatable bonds is 4. The molecule has 0 amide bonds. The van der Waals surface area contributed by atoms with Crippen molar-refractivity contribution in [1.82, 2.24) is 15.3 Å². The Morgan fingerprint density at radius 1 is 1.03 bits per heavy atom. The van der Waals surface area contributed by atoms with Gasteiger partial charge in [0.05, 0.1) is 10.6 Å². The minimum absolute atomic E-state index is 0.290. The van der Waals surface area contributed by atoms with Crippen LogP contribution in [-0.2, 0) is 16.3 Å². The van der Waals surface area contributed by atoms with Gasteiger partial charge in [0.1, 0.15) is 5.82 Å². The van der Waals surface area contributed by atoms with Crippen molar-refractivity contribution in [1.29, 1.82) is 0 Å². The second-order valence-corrected chi connectivity index (χ2v) is 10.2. The van der Waals surface area contributed by atoms with Crippen LogP contribution in [0.4, 0.5) is 11.5 Å². The zero-order valence-corrected chi connectivity index (χ0v) is 18.8. The summed E-state index contributed by atoms with van der Waals surface area (Å²) in [4.78, 5) is 9.51. The SMILES string of the molecule is CC1NCCc2cc(-c3nccc4cnc(Nc5ccc(S(C)(=O)=O)cc5)cc34)ccc21. The molecule has 1 aliphatic rings. The quantitative estimate of drug-likeness (QED) is 0.477. The Morgan fingerprint density at radius 2 is 1.84 bits per heavy atom. The summed E-state index contributed by atoms with van der Waals surface area (Å²) in [6, 6.07) is 17.6. The van der Waals surface area contributed by atoms with E-state index in [1.807, 2.05) is 24.5 Å². The van der Waals surface area contributed by atoms with Gasteiger partial charge in [-0.25, -0.2) is 13.4 Å². The van der Waals surface area contributed by atoms with E-state index in [0.717, 1.165) is 40.7 Å². The molecule has 0 saturated heterocycles. The summed E-state index contributed by atoms with van der Waals surface area (Å²) in [5.41, 5.74) is 5.50. The van der Waals surface area contributed by atoms with Crippen LogP contribution in [0.25, 0.3) is 22.0 Å². The van der Waals surface area contributed by atoms with Crippen LogP contribution in [0.5, 0.6) is 0 Å². The lowest BCUT2D eigenvalue weighted by atomic mass is 9.92. The van der Waals surface area contributed by atoms with Gasteiger partial charge in [0.25, 0.3) is 0 Å². The Hall–Kier alpha value is -3.29. The minimum atomic E-state index is -3.22. The van der Waals surface area contributed by atoms with Crippen molar-refractivity contribution >= 4 is 32.1 Å². The van der Waals surface area contributed by atoms with Crippen LogP contribution in [-0.4, -0.2) is 31.2 Å². The fourth-order valence-corrected chi connectivity index (χ4v) is 4.85.